The Morgan fingerprint density at radius 3 is 2.47 bits per heavy atom. The molecule has 1 aromatic carbocycles. The van der Waals surface area contributed by atoms with Gasteiger partial charge in [0.2, 0.25) is 0 Å². The topological polar surface area (TPSA) is 31.9 Å². The van der Waals surface area contributed by atoms with Crippen LogP contribution in [0.3, 0.4) is 0 Å². The molecular formula is C14H19N3. The summed E-state index contributed by atoms with van der Waals surface area (Å²) in [6.45, 7) is 7.21. The summed E-state index contributed by atoms with van der Waals surface area (Å²) in [4.78, 5) is 10.0. The van der Waals surface area contributed by atoms with Crippen LogP contribution >= 0.6 is 0 Å². The predicted octanol–water partition coefficient (Wildman–Crippen LogP) is 3.13. The summed E-state index contributed by atoms with van der Waals surface area (Å²) in [5.74, 6) is 1.01. The maximum atomic E-state index is 4.46. The van der Waals surface area contributed by atoms with Gasteiger partial charge < -0.3 is 9.88 Å². The molecule has 0 saturated carbocycles. The number of hydrogen-bond donors (Lipinski definition) is 1. The van der Waals surface area contributed by atoms with Crippen LogP contribution in [0, 0.1) is 6.92 Å². The molecule has 3 heteroatoms. The minimum absolute atomic E-state index is 0.447. The average molecular weight is 229 g/mol. The zero-order valence-electron chi connectivity index (χ0n) is 10.6. The van der Waals surface area contributed by atoms with Crippen molar-refractivity contribution in [3.8, 4) is 0 Å². The Morgan fingerprint density at radius 1 is 1.24 bits per heavy atom. The minimum atomic E-state index is 0.447. The maximum absolute atomic E-state index is 4.46. The zero-order chi connectivity index (χ0) is 12.3. The van der Waals surface area contributed by atoms with Gasteiger partial charge in [-0.25, -0.2) is 4.98 Å². The lowest BCUT2D eigenvalue weighted by atomic mass is 10.2. The quantitative estimate of drug-likeness (QED) is 0.873. The summed E-state index contributed by atoms with van der Waals surface area (Å²) in [6.07, 6.45) is 1.94. The first-order valence-electron chi connectivity index (χ1n) is 5.99. The first-order valence-corrected chi connectivity index (χ1v) is 5.99. The van der Waals surface area contributed by atoms with E-state index in [2.05, 4.69) is 53.0 Å². The molecule has 1 aromatic heterocycles. The second kappa shape index (κ2) is 5.04. The monoisotopic (exact) mass is 229 g/mol. The van der Waals surface area contributed by atoms with Crippen molar-refractivity contribution in [1.82, 2.24) is 9.97 Å². The number of para-hydroxylation sites is 1. The number of aryl methyl sites for hydroxylation is 1. The van der Waals surface area contributed by atoms with Gasteiger partial charge in [0.25, 0.3) is 0 Å². The van der Waals surface area contributed by atoms with E-state index in [1.165, 1.54) is 5.69 Å². The molecule has 1 heterocycles. The van der Waals surface area contributed by atoms with Crippen molar-refractivity contribution in [3.63, 3.8) is 0 Å². The third-order valence-corrected chi connectivity index (χ3v) is 2.79. The lowest BCUT2D eigenvalue weighted by Gasteiger charge is -2.28. The molecule has 0 aliphatic carbocycles. The third-order valence-electron chi connectivity index (χ3n) is 2.79. The smallest absolute Gasteiger partial charge is 0.125 e. The van der Waals surface area contributed by atoms with E-state index in [1.54, 1.807) is 0 Å². The van der Waals surface area contributed by atoms with Crippen LogP contribution in [-0.4, -0.2) is 16.0 Å². The van der Waals surface area contributed by atoms with Crippen LogP contribution in [0.25, 0.3) is 0 Å². The Bertz CT molecular complexity index is 459. The van der Waals surface area contributed by atoms with Crippen LogP contribution in [0.2, 0.25) is 0 Å². The molecule has 2 rings (SSSR count). The number of imidazole rings is 1. The Morgan fingerprint density at radius 2 is 1.94 bits per heavy atom. The number of benzene rings is 1. The van der Waals surface area contributed by atoms with Gasteiger partial charge >= 0.3 is 0 Å². The second-order valence-corrected chi connectivity index (χ2v) is 4.55. The molecule has 0 saturated heterocycles. The van der Waals surface area contributed by atoms with Gasteiger partial charge in [0.15, 0.2) is 0 Å². The van der Waals surface area contributed by atoms with Crippen LogP contribution < -0.4 is 4.90 Å². The summed E-state index contributed by atoms with van der Waals surface area (Å²) >= 11 is 0. The van der Waals surface area contributed by atoms with Crippen LogP contribution in [0.4, 0.5) is 5.69 Å². The minimum Gasteiger partial charge on any atom is -0.362 e. The molecule has 2 aromatic rings. The number of nitrogens with one attached hydrogen (secondary N) is 1. The largest absolute Gasteiger partial charge is 0.362 e. The highest BCUT2D eigenvalue weighted by atomic mass is 15.2. The van der Waals surface area contributed by atoms with Crippen LogP contribution in [0.1, 0.15) is 25.4 Å². The van der Waals surface area contributed by atoms with Crippen LogP contribution in [0.5, 0.6) is 0 Å². The van der Waals surface area contributed by atoms with E-state index in [-0.39, 0.29) is 0 Å². The number of aromatic nitrogens is 2. The molecule has 0 atom stereocenters. The Balaban J connectivity index is 2.19. The number of nitrogens with zero attached hydrogens (tertiary/aromatic N) is 2. The fourth-order valence-electron chi connectivity index (χ4n) is 1.90. The van der Waals surface area contributed by atoms with E-state index in [0.29, 0.717) is 6.04 Å². The number of rotatable bonds is 4. The fourth-order valence-corrected chi connectivity index (χ4v) is 1.90. The molecule has 0 fully saturated rings. The second-order valence-electron chi connectivity index (χ2n) is 4.55. The predicted molar refractivity (Wildman–Crippen MR) is 71.1 cm³/mol. The molecule has 90 valence electrons. The van der Waals surface area contributed by atoms with Crippen molar-refractivity contribution >= 4 is 5.69 Å². The van der Waals surface area contributed by atoms with Crippen LogP contribution in [-0.2, 0) is 6.54 Å². The highest BCUT2D eigenvalue weighted by Gasteiger charge is 2.12. The Labute approximate surface area is 103 Å². The van der Waals surface area contributed by atoms with E-state index in [9.17, 15) is 0 Å². The van der Waals surface area contributed by atoms with Crippen molar-refractivity contribution in [1.29, 1.82) is 0 Å². The lowest BCUT2D eigenvalue weighted by Crippen LogP contribution is -2.30. The zero-order valence-corrected chi connectivity index (χ0v) is 10.6. The highest BCUT2D eigenvalue weighted by Crippen LogP contribution is 2.18. The number of aromatic amines is 1. The molecule has 0 spiro atoms. The SMILES string of the molecule is Cc1c[nH]c(CN(c2ccccc2)C(C)C)n1. The van der Waals surface area contributed by atoms with Gasteiger partial charge in [0.1, 0.15) is 5.82 Å². The molecule has 0 aliphatic rings. The van der Waals surface area contributed by atoms with Crippen LogP contribution in [0.15, 0.2) is 36.5 Å². The van der Waals surface area contributed by atoms with Gasteiger partial charge in [-0.3, -0.25) is 0 Å². The van der Waals surface area contributed by atoms with Gasteiger partial charge in [-0.1, -0.05) is 18.2 Å². The van der Waals surface area contributed by atoms with Gasteiger partial charge in [-0.05, 0) is 32.9 Å². The number of anilines is 1. The molecule has 0 aliphatic heterocycles. The average Bonchev–Trinajstić information content (AvgIpc) is 2.73. The Kier molecular flexibility index (Phi) is 3.47. The molecule has 17 heavy (non-hydrogen) atoms. The summed E-state index contributed by atoms with van der Waals surface area (Å²) in [5.41, 5.74) is 2.27. The first-order chi connectivity index (χ1) is 8.16. The summed E-state index contributed by atoms with van der Waals surface area (Å²) in [5, 5.41) is 0. The molecule has 0 amide bonds. The molecule has 0 bridgehead atoms. The molecular weight excluding hydrogens is 210 g/mol. The number of hydrogen-bond acceptors (Lipinski definition) is 2. The van der Waals surface area contributed by atoms with E-state index in [0.717, 1.165) is 18.1 Å². The normalized spacial score (nSPS) is 10.8. The molecule has 0 unspecified atom stereocenters. The lowest BCUT2D eigenvalue weighted by molar-refractivity contribution is 0.666. The third kappa shape index (κ3) is 2.87. The van der Waals surface area contributed by atoms with Crippen molar-refractivity contribution < 1.29 is 0 Å². The number of H-pyrrole nitrogens is 1. The Hall–Kier alpha value is -1.77. The van der Waals surface area contributed by atoms with Gasteiger partial charge in [0.05, 0.1) is 12.2 Å². The fraction of sp³-hybridized carbons (Fsp3) is 0.357. The van der Waals surface area contributed by atoms with Crippen molar-refractivity contribution in [3.05, 3.63) is 48.0 Å². The maximum Gasteiger partial charge on any atom is 0.125 e. The molecule has 3 nitrogen and oxygen atoms in total. The molecule has 1 N–H and O–H groups in total. The van der Waals surface area contributed by atoms with E-state index in [4.69, 9.17) is 0 Å². The van der Waals surface area contributed by atoms with Crippen molar-refractivity contribution in [2.75, 3.05) is 4.90 Å². The van der Waals surface area contributed by atoms with Gasteiger partial charge in [-0.15, -0.1) is 0 Å². The van der Waals surface area contributed by atoms with Crippen molar-refractivity contribution in [2.45, 2.75) is 33.4 Å². The molecule has 0 radical (unpaired) electrons. The summed E-state index contributed by atoms with van der Waals surface area (Å²) < 4.78 is 0. The summed E-state index contributed by atoms with van der Waals surface area (Å²) in [6, 6.07) is 10.9. The van der Waals surface area contributed by atoms with E-state index >= 15 is 0 Å². The van der Waals surface area contributed by atoms with Crippen molar-refractivity contribution in [2.24, 2.45) is 0 Å². The van der Waals surface area contributed by atoms with Gasteiger partial charge in [0, 0.05) is 17.9 Å². The standard InChI is InChI=1S/C14H19N3/c1-11(2)17(13-7-5-4-6-8-13)10-14-15-9-12(3)16-14/h4-9,11H,10H2,1-3H3,(H,15,16). The first kappa shape index (κ1) is 11.7. The van der Waals surface area contributed by atoms with E-state index < -0.39 is 0 Å². The summed E-state index contributed by atoms with van der Waals surface area (Å²) in [7, 11) is 0. The highest BCUT2D eigenvalue weighted by molar-refractivity contribution is 5.46. The van der Waals surface area contributed by atoms with Gasteiger partial charge in [-0.2, -0.15) is 0 Å². The van der Waals surface area contributed by atoms with E-state index in [1.807, 2.05) is 19.2 Å².